The van der Waals surface area contributed by atoms with Crippen LogP contribution in [0.4, 0.5) is 11.9 Å². The van der Waals surface area contributed by atoms with Gasteiger partial charge in [0.1, 0.15) is 24.2 Å². The minimum atomic E-state index is 0.116. The van der Waals surface area contributed by atoms with E-state index in [0.29, 0.717) is 73.7 Å². The van der Waals surface area contributed by atoms with E-state index >= 15 is 0 Å². The Balaban J connectivity index is 0.857. The van der Waals surface area contributed by atoms with Gasteiger partial charge < -0.3 is 40.4 Å². The number of hydrogen-bond donors (Lipinski definition) is 4. The molecular formula is C30H30N10O4. The fraction of sp³-hybridized carbons (Fsp3) is 0.200. The van der Waals surface area contributed by atoms with Crippen LogP contribution in [0.2, 0.25) is 0 Å². The van der Waals surface area contributed by atoms with Gasteiger partial charge in [0, 0.05) is 0 Å². The van der Waals surface area contributed by atoms with E-state index in [1.807, 2.05) is 60.7 Å². The molecule has 2 aromatic carbocycles. The summed E-state index contributed by atoms with van der Waals surface area (Å²) < 4.78 is 23.2. The van der Waals surface area contributed by atoms with Crippen LogP contribution < -0.4 is 20.9 Å². The molecule has 0 aliphatic rings. The number of fused-ring (bicyclic) bond motifs is 2. The van der Waals surface area contributed by atoms with Crippen molar-refractivity contribution < 1.29 is 18.9 Å². The van der Waals surface area contributed by atoms with E-state index in [1.54, 1.807) is 0 Å². The Kier molecular flexibility index (Phi) is 8.80. The molecule has 14 nitrogen and oxygen atoms in total. The van der Waals surface area contributed by atoms with Crippen LogP contribution in [-0.4, -0.2) is 53.1 Å². The molecule has 0 amide bonds. The van der Waals surface area contributed by atoms with Gasteiger partial charge in [-0.1, -0.05) is 60.7 Å². The molecule has 0 spiro atoms. The SMILES string of the molecule is Nc1nc(OCc2ccc(COCC=CCOCc3ccc(COc4nc(N)nc5nc[nH]c45)cc3)cc2)c2[nH]cnc2n1. The fourth-order valence-electron chi connectivity index (χ4n) is 4.25. The number of nitrogens with zero attached hydrogens (tertiary/aromatic N) is 6. The fourth-order valence-corrected chi connectivity index (χ4v) is 4.25. The van der Waals surface area contributed by atoms with Crippen molar-refractivity contribution in [3.63, 3.8) is 0 Å². The number of nitrogen functional groups attached to an aromatic ring is 2. The average molecular weight is 595 g/mol. The predicted molar refractivity (Wildman–Crippen MR) is 162 cm³/mol. The lowest BCUT2D eigenvalue weighted by Crippen LogP contribution is -2.02. The van der Waals surface area contributed by atoms with Crippen molar-refractivity contribution in [2.75, 3.05) is 24.7 Å². The summed E-state index contributed by atoms with van der Waals surface area (Å²) >= 11 is 0. The molecule has 0 atom stereocenters. The molecule has 0 radical (unpaired) electrons. The molecule has 0 unspecified atom stereocenters. The van der Waals surface area contributed by atoms with Crippen molar-refractivity contribution in [1.29, 1.82) is 0 Å². The largest absolute Gasteiger partial charge is 0.471 e. The van der Waals surface area contributed by atoms with E-state index in [2.05, 4.69) is 39.9 Å². The van der Waals surface area contributed by atoms with Crippen LogP contribution in [-0.2, 0) is 35.9 Å². The Morgan fingerprint density at radius 3 is 1.34 bits per heavy atom. The Bertz CT molecular complexity index is 1720. The lowest BCUT2D eigenvalue weighted by molar-refractivity contribution is 0.140. The number of H-pyrrole nitrogens is 2. The second kappa shape index (κ2) is 13.6. The van der Waals surface area contributed by atoms with Gasteiger partial charge in [-0.3, -0.25) is 0 Å². The van der Waals surface area contributed by atoms with Gasteiger partial charge >= 0.3 is 0 Å². The topological polar surface area (TPSA) is 198 Å². The van der Waals surface area contributed by atoms with Gasteiger partial charge in [0.05, 0.1) is 39.1 Å². The Hall–Kier alpha value is -5.60. The predicted octanol–water partition coefficient (Wildman–Crippen LogP) is 3.63. The normalized spacial score (nSPS) is 11.5. The van der Waals surface area contributed by atoms with Gasteiger partial charge in [0.25, 0.3) is 0 Å². The van der Waals surface area contributed by atoms with Gasteiger partial charge in [0.15, 0.2) is 11.3 Å². The average Bonchev–Trinajstić information content (AvgIpc) is 3.71. The maximum atomic E-state index is 5.83. The van der Waals surface area contributed by atoms with Crippen LogP contribution in [0.15, 0.2) is 73.3 Å². The Morgan fingerprint density at radius 1 is 0.545 bits per heavy atom. The highest BCUT2D eigenvalue weighted by Gasteiger charge is 2.11. The number of nitrogens with two attached hydrogens (primary N) is 2. The summed E-state index contributed by atoms with van der Waals surface area (Å²) in [4.78, 5) is 30.5. The van der Waals surface area contributed by atoms with Crippen molar-refractivity contribution in [1.82, 2.24) is 39.9 Å². The van der Waals surface area contributed by atoms with Crippen molar-refractivity contribution in [2.24, 2.45) is 0 Å². The summed E-state index contributed by atoms with van der Waals surface area (Å²) in [5, 5.41) is 0. The van der Waals surface area contributed by atoms with Crippen LogP contribution in [0.3, 0.4) is 0 Å². The third-order valence-electron chi connectivity index (χ3n) is 6.47. The highest BCUT2D eigenvalue weighted by molar-refractivity contribution is 5.77. The third kappa shape index (κ3) is 7.24. The molecule has 0 saturated carbocycles. The minimum Gasteiger partial charge on any atom is -0.471 e. The summed E-state index contributed by atoms with van der Waals surface area (Å²) in [5.74, 6) is 0.973. The first-order valence-electron chi connectivity index (χ1n) is 13.8. The second-order valence-corrected chi connectivity index (χ2v) is 9.69. The van der Waals surface area contributed by atoms with Crippen LogP contribution in [0.5, 0.6) is 11.8 Å². The van der Waals surface area contributed by atoms with E-state index in [1.165, 1.54) is 12.7 Å². The van der Waals surface area contributed by atoms with E-state index in [-0.39, 0.29) is 11.9 Å². The van der Waals surface area contributed by atoms with Crippen LogP contribution in [0, 0.1) is 0 Å². The zero-order chi connectivity index (χ0) is 30.1. The summed E-state index contributed by atoms with van der Waals surface area (Å²) in [6.07, 6.45) is 6.95. The van der Waals surface area contributed by atoms with E-state index in [4.69, 9.17) is 30.4 Å². The van der Waals surface area contributed by atoms with E-state index in [0.717, 1.165) is 22.3 Å². The van der Waals surface area contributed by atoms with Gasteiger partial charge in [-0.25, -0.2) is 9.97 Å². The zero-order valence-corrected chi connectivity index (χ0v) is 23.6. The summed E-state index contributed by atoms with van der Waals surface area (Å²) in [6.45, 7) is 2.64. The molecule has 0 aliphatic heterocycles. The molecule has 0 aliphatic carbocycles. The molecule has 6 N–H and O–H groups in total. The molecule has 0 saturated heterocycles. The molecule has 14 heteroatoms. The summed E-state index contributed by atoms with van der Waals surface area (Å²) in [6, 6.07) is 16.0. The third-order valence-corrected chi connectivity index (χ3v) is 6.47. The summed E-state index contributed by atoms with van der Waals surface area (Å²) in [7, 11) is 0. The number of aromatic nitrogens is 8. The molecular weight excluding hydrogens is 564 g/mol. The number of anilines is 2. The number of rotatable bonds is 14. The number of aromatic amines is 2. The van der Waals surface area contributed by atoms with Crippen LogP contribution >= 0.6 is 0 Å². The standard InChI is InChI=1S/C30H30N10O4/c31-29-37-25-23(33-17-35-25)27(39-29)43-15-21-7-3-19(4-8-21)13-41-11-1-2-12-42-14-20-5-9-22(10-6-20)16-44-28-24-26(36-18-34-24)38-30(32)40-28/h1-10,17-18H,11-16H2,(H3,31,33,35,37,39)(H3,32,34,36,38,40). The van der Waals surface area contributed by atoms with Crippen molar-refractivity contribution >= 4 is 34.2 Å². The van der Waals surface area contributed by atoms with Crippen molar-refractivity contribution in [3.8, 4) is 11.8 Å². The van der Waals surface area contributed by atoms with Crippen molar-refractivity contribution in [3.05, 3.63) is 95.6 Å². The monoisotopic (exact) mass is 594 g/mol. The lowest BCUT2D eigenvalue weighted by Gasteiger charge is -2.08. The minimum absolute atomic E-state index is 0.116. The molecule has 4 heterocycles. The van der Waals surface area contributed by atoms with Crippen molar-refractivity contribution in [2.45, 2.75) is 26.4 Å². The van der Waals surface area contributed by atoms with Gasteiger partial charge in [-0.05, 0) is 22.3 Å². The zero-order valence-electron chi connectivity index (χ0n) is 23.6. The quantitative estimate of drug-likeness (QED) is 0.106. The highest BCUT2D eigenvalue weighted by Crippen LogP contribution is 2.22. The molecule has 44 heavy (non-hydrogen) atoms. The molecule has 0 bridgehead atoms. The van der Waals surface area contributed by atoms with Crippen LogP contribution in [0.25, 0.3) is 22.3 Å². The first kappa shape index (κ1) is 28.5. The second-order valence-electron chi connectivity index (χ2n) is 9.69. The molecule has 0 fully saturated rings. The number of benzene rings is 2. The smallest absolute Gasteiger partial charge is 0.245 e. The van der Waals surface area contributed by atoms with Gasteiger partial charge in [-0.15, -0.1) is 0 Å². The first-order valence-corrected chi connectivity index (χ1v) is 13.8. The Labute approximate surface area is 251 Å². The van der Waals surface area contributed by atoms with Gasteiger partial charge in [0.2, 0.25) is 23.7 Å². The molecule has 6 rings (SSSR count). The van der Waals surface area contributed by atoms with E-state index < -0.39 is 0 Å². The summed E-state index contributed by atoms with van der Waals surface area (Å²) in [5.41, 5.74) is 17.7. The molecule has 4 aromatic heterocycles. The number of ether oxygens (including phenoxy) is 4. The molecule has 6 aromatic rings. The van der Waals surface area contributed by atoms with Crippen LogP contribution in [0.1, 0.15) is 22.3 Å². The Morgan fingerprint density at radius 2 is 0.932 bits per heavy atom. The van der Waals surface area contributed by atoms with Gasteiger partial charge in [-0.2, -0.15) is 19.9 Å². The number of imidazole rings is 2. The van der Waals surface area contributed by atoms with E-state index in [9.17, 15) is 0 Å². The highest BCUT2D eigenvalue weighted by atomic mass is 16.5. The number of hydrogen-bond acceptors (Lipinski definition) is 12. The maximum Gasteiger partial charge on any atom is 0.245 e. The molecule has 224 valence electrons. The first-order chi connectivity index (χ1) is 21.6. The lowest BCUT2D eigenvalue weighted by atomic mass is 10.1. The number of nitrogens with one attached hydrogen (secondary N) is 2. The maximum absolute atomic E-state index is 5.83.